The van der Waals surface area contributed by atoms with Gasteiger partial charge >= 0.3 is 0 Å². The highest BCUT2D eigenvalue weighted by molar-refractivity contribution is 5.96. The van der Waals surface area contributed by atoms with E-state index in [9.17, 15) is 4.79 Å². The highest BCUT2D eigenvalue weighted by atomic mass is 16.3. The lowest BCUT2D eigenvalue weighted by Gasteiger charge is -2.14. The molecule has 130 valence electrons. The summed E-state index contributed by atoms with van der Waals surface area (Å²) < 4.78 is 7.65. The van der Waals surface area contributed by atoms with E-state index in [4.69, 9.17) is 4.42 Å². The van der Waals surface area contributed by atoms with E-state index in [0.717, 1.165) is 46.6 Å². The minimum Gasteiger partial charge on any atom is -0.440 e. The van der Waals surface area contributed by atoms with Gasteiger partial charge in [0, 0.05) is 11.6 Å². The number of amides is 1. The van der Waals surface area contributed by atoms with E-state index >= 15 is 0 Å². The maximum Gasteiger partial charge on any atom is 0.247 e. The van der Waals surface area contributed by atoms with E-state index in [1.165, 1.54) is 0 Å². The zero-order valence-electron chi connectivity index (χ0n) is 14.3. The number of para-hydroxylation sites is 2. The Bertz CT molecular complexity index is 1120. The molecular weight excluding hydrogens is 328 g/mol. The van der Waals surface area contributed by atoms with Gasteiger partial charge in [0.2, 0.25) is 5.91 Å². The minimum absolute atomic E-state index is 0.0987. The number of anilines is 1. The van der Waals surface area contributed by atoms with Gasteiger partial charge in [0.1, 0.15) is 11.6 Å². The first-order chi connectivity index (χ1) is 12.7. The Hall–Kier alpha value is -3.15. The lowest BCUT2D eigenvalue weighted by molar-refractivity contribution is -0.118. The van der Waals surface area contributed by atoms with Gasteiger partial charge < -0.3 is 14.3 Å². The summed E-state index contributed by atoms with van der Waals surface area (Å²) in [5, 5.41) is 2.97. The molecule has 26 heavy (non-hydrogen) atoms. The Morgan fingerprint density at radius 2 is 2.08 bits per heavy atom. The number of hydrogen-bond donors (Lipinski definition) is 1. The molecule has 0 bridgehead atoms. The molecule has 1 N–H and O–H groups in total. The number of oxazole rings is 1. The highest BCUT2D eigenvalue weighted by Gasteiger charge is 2.29. The van der Waals surface area contributed by atoms with Crippen LogP contribution in [-0.2, 0) is 4.79 Å². The molecule has 0 saturated heterocycles. The van der Waals surface area contributed by atoms with E-state index in [2.05, 4.69) is 15.3 Å². The average molecular weight is 346 g/mol. The number of nitrogens with zero attached hydrogens (tertiary/aromatic N) is 3. The zero-order valence-corrected chi connectivity index (χ0v) is 14.3. The average Bonchev–Trinajstić information content (AvgIpc) is 3.28. The van der Waals surface area contributed by atoms with E-state index in [0.29, 0.717) is 5.92 Å². The number of nitrogens with one attached hydrogen (secondary N) is 1. The summed E-state index contributed by atoms with van der Waals surface area (Å²) >= 11 is 0. The molecule has 0 radical (unpaired) electrons. The van der Waals surface area contributed by atoms with Crippen LogP contribution in [0.4, 0.5) is 5.69 Å². The van der Waals surface area contributed by atoms with Crippen molar-refractivity contribution in [3.8, 4) is 0 Å². The van der Waals surface area contributed by atoms with Crippen molar-refractivity contribution in [2.45, 2.75) is 31.7 Å². The number of imidazole rings is 1. The number of carbonyl (C=O) groups is 1. The molecule has 1 unspecified atom stereocenters. The molecule has 1 saturated carbocycles. The fraction of sp³-hybridized carbons (Fsp3) is 0.250. The molecule has 0 aliphatic heterocycles. The zero-order chi connectivity index (χ0) is 17.7. The summed E-state index contributed by atoms with van der Waals surface area (Å²) in [5.41, 5.74) is 4.08. The molecule has 6 heteroatoms. The molecule has 1 aliphatic rings. The van der Waals surface area contributed by atoms with Crippen molar-refractivity contribution in [3.63, 3.8) is 0 Å². The Morgan fingerprint density at radius 1 is 1.23 bits per heavy atom. The largest absolute Gasteiger partial charge is 0.440 e. The van der Waals surface area contributed by atoms with E-state index in [1.54, 1.807) is 6.33 Å². The molecule has 4 aromatic rings. The molecule has 2 heterocycles. The van der Waals surface area contributed by atoms with Crippen molar-refractivity contribution in [3.05, 3.63) is 54.7 Å². The van der Waals surface area contributed by atoms with Gasteiger partial charge in [0.05, 0.1) is 17.4 Å². The maximum absolute atomic E-state index is 12.7. The lowest BCUT2D eigenvalue weighted by atomic mass is 10.2. The van der Waals surface area contributed by atoms with Crippen molar-refractivity contribution in [1.82, 2.24) is 14.5 Å². The van der Waals surface area contributed by atoms with Gasteiger partial charge in [-0.3, -0.25) is 4.79 Å². The summed E-state index contributed by atoms with van der Waals surface area (Å²) in [4.78, 5) is 21.6. The SMILES string of the molecule is CC(C(=O)Nc1ccc2oc(C3CC3)nc2c1)n1cnc2ccccc21. The Morgan fingerprint density at radius 3 is 2.92 bits per heavy atom. The number of carbonyl (C=O) groups excluding carboxylic acids is 1. The molecular formula is C20H18N4O2. The van der Waals surface area contributed by atoms with Crippen LogP contribution in [-0.4, -0.2) is 20.4 Å². The van der Waals surface area contributed by atoms with Crippen LogP contribution in [0.2, 0.25) is 0 Å². The molecule has 5 rings (SSSR count). The van der Waals surface area contributed by atoms with Crippen LogP contribution in [0.5, 0.6) is 0 Å². The molecule has 1 atom stereocenters. The van der Waals surface area contributed by atoms with Crippen LogP contribution >= 0.6 is 0 Å². The van der Waals surface area contributed by atoms with Crippen molar-refractivity contribution in [2.24, 2.45) is 0 Å². The third-order valence-corrected chi connectivity index (χ3v) is 4.88. The van der Waals surface area contributed by atoms with Crippen LogP contribution in [0.1, 0.15) is 37.6 Å². The first-order valence-electron chi connectivity index (χ1n) is 8.82. The highest BCUT2D eigenvalue weighted by Crippen LogP contribution is 2.40. The molecule has 0 spiro atoms. The fourth-order valence-electron chi connectivity index (χ4n) is 3.19. The number of fused-ring (bicyclic) bond motifs is 2. The van der Waals surface area contributed by atoms with Gasteiger partial charge in [-0.25, -0.2) is 9.97 Å². The predicted octanol–water partition coefficient (Wildman–Crippen LogP) is 4.25. The quantitative estimate of drug-likeness (QED) is 0.599. The molecule has 6 nitrogen and oxygen atoms in total. The monoisotopic (exact) mass is 346 g/mol. The fourth-order valence-corrected chi connectivity index (χ4v) is 3.19. The lowest BCUT2D eigenvalue weighted by Crippen LogP contribution is -2.23. The van der Waals surface area contributed by atoms with Crippen LogP contribution < -0.4 is 5.32 Å². The summed E-state index contributed by atoms with van der Waals surface area (Å²) in [6, 6.07) is 13.0. The van der Waals surface area contributed by atoms with Gasteiger partial charge in [-0.2, -0.15) is 0 Å². The summed E-state index contributed by atoms with van der Waals surface area (Å²) in [6.45, 7) is 1.86. The van der Waals surface area contributed by atoms with Gasteiger partial charge in [0.25, 0.3) is 0 Å². The van der Waals surface area contributed by atoms with E-state index < -0.39 is 0 Å². The molecule has 1 aliphatic carbocycles. The number of aromatic nitrogens is 3. The number of benzene rings is 2. The maximum atomic E-state index is 12.7. The minimum atomic E-state index is -0.377. The van der Waals surface area contributed by atoms with Crippen molar-refractivity contribution in [1.29, 1.82) is 0 Å². The Kier molecular flexibility index (Phi) is 3.31. The number of rotatable bonds is 4. The predicted molar refractivity (Wildman–Crippen MR) is 99.1 cm³/mol. The van der Waals surface area contributed by atoms with Gasteiger partial charge in [-0.05, 0) is 50.1 Å². The third-order valence-electron chi connectivity index (χ3n) is 4.88. The van der Waals surface area contributed by atoms with Crippen molar-refractivity contribution >= 4 is 33.7 Å². The van der Waals surface area contributed by atoms with Crippen molar-refractivity contribution in [2.75, 3.05) is 5.32 Å². The second-order valence-corrected chi connectivity index (χ2v) is 6.81. The molecule has 1 amide bonds. The first kappa shape index (κ1) is 15.1. The van der Waals surface area contributed by atoms with E-state index in [1.807, 2.05) is 54.0 Å². The Balaban J connectivity index is 1.39. The third kappa shape index (κ3) is 2.54. The molecule has 2 aromatic heterocycles. The van der Waals surface area contributed by atoms with Crippen LogP contribution in [0.15, 0.2) is 53.2 Å². The number of hydrogen-bond acceptors (Lipinski definition) is 4. The smallest absolute Gasteiger partial charge is 0.247 e. The second kappa shape index (κ2) is 5.69. The van der Waals surface area contributed by atoms with Crippen LogP contribution in [0.3, 0.4) is 0 Å². The van der Waals surface area contributed by atoms with Crippen molar-refractivity contribution < 1.29 is 9.21 Å². The normalized spacial score (nSPS) is 15.4. The topological polar surface area (TPSA) is 73.0 Å². The van der Waals surface area contributed by atoms with E-state index in [-0.39, 0.29) is 11.9 Å². The van der Waals surface area contributed by atoms with Crippen LogP contribution in [0.25, 0.3) is 22.1 Å². The van der Waals surface area contributed by atoms with Gasteiger partial charge in [0.15, 0.2) is 11.5 Å². The van der Waals surface area contributed by atoms with Gasteiger partial charge in [-0.15, -0.1) is 0 Å². The summed E-state index contributed by atoms with van der Waals surface area (Å²) in [7, 11) is 0. The molecule has 1 fully saturated rings. The van der Waals surface area contributed by atoms with Gasteiger partial charge in [-0.1, -0.05) is 12.1 Å². The van der Waals surface area contributed by atoms with Crippen LogP contribution in [0, 0.1) is 0 Å². The standard InChI is InChI=1S/C20H18N4O2/c1-12(24-11-21-15-4-2-3-5-17(15)24)19(25)22-14-8-9-18-16(10-14)23-20(26-18)13-6-7-13/h2-5,8-13H,6-7H2,1H3,(H,22,25). The molecule has 2 aromatic carbocycles. The summed E-state index contributed by atoms with van der Waals surface area (Å²) in [6.07, 6.45) is 4.00. The Labute approximate surface area is 149 Å². The second-order valence-electron chi connectivity index (χ2n) is 6.81. The summed E-state index contributed by atoms with van der Waals surface area (Å²) in [5.74, 6) is 1.18. The first-order valence-corrected chi connectivity index (χ1v) is 8.82.